The van der Waals surface area contributed by atoms with Crippen LogP contribution in [0.4, 0.5) is 0 Å². The molecule has 0 aliphatic heterocycles. The van der Waals surface area contributed by atoms with Gasteiger partial charge in [0.15, 0.2) is 0 Å². The third kappa shape index (κ3) is 3.06. The van der Waals surface area contributed by atoms with Gasteiger partial charge >= 0.3 is 0 Å². The van der Waals surface area contributed by atoms with E-state index in [9.17, 15) is 8.42 Å². The van der Waals surface area contributed by atoms with Crippen molar-refractivity contribution in [3.63, 3.8) is 0 Å². The molecule has 4 aliphatic rings. The van der Waals surface area contributed by atoms with Gasteiger partial charge < -0.3 is 0 Å². The van der Waals surface area contributed by atoms with Crippen molar-refractivity contribution < 1.29 is 8.42 Å². The lowest BCUT2D eigenvalue weighted by Crippen LogP contribution is -2.60. The van der Waals surface area contributed by atoms with Gasteiger partial charge in [-0.15, -0.1) is 0 Å². The molecule has 4 heteroatoms. The molecule has 1 aromatic carbocycles. The Balaban J connectivity index is 1.57. The second kappa shape index (κ2) is 6.38. The Kier molecular flexibility index (Phi) is 4.48. The molecule has 0 N–H and O–H groups in total. The average Bonchev–Trinajstić information content (AvgIpc) is 2.58. The van der Waals surface area contributed by atoms with Crippen molar-refractivity contribution >= 4 is 10.0 Å². The Morgan fingerprint density at radius 3 is 2.00 bits per heavy atom. The van der Waals surface area contributed by atoms with Crippen molar-refractivity contribution in [2.24, 2.45) is 17.8 Å². The van der Waals surface area contributed by atoms with Crippen LogP contribution in [0.25, 0.3) is 0 Å². The molecule has 0 atom stereocenters. The highest BCUT2D eigenvalue weighted by Gasteiger charge is 2.55. The fourth-order valence-electron chi connectivity index (χ4n) is 6.07. The summed E-state index contributed by atoms with van der Waals surface area (Å²) in [4.78, 5) is 0.464. The molecule has 1 aromatic rings. The molecule has 3 nitrogen and oxygen atoms in total. The second-order valence-electron chi connectivity index (χ2n) is 8.86. The van der Waals surface area contributed by atoms with E-state index in [4.69, 9.17) is 0 Å². The summed E-state index contributed by atoms with van der Waals surface area (Å²) in [5.74, 6) is 2.25. The van der Waals surface area contributed by atoms with Gasteiger partial charge in [-0.1, -0.05) is 25.5 Å². The molecule has 4 fully saturated rings. The maximum absolute atomic E-state index is 13.3. The molecule has 4 saturated carbocycles. The van der Waals surface area contributed by atoms with E-state index in [-0.39, 0.29) is 5.54 Å². The van der Waals surface area contributed by atoms with Crippen molar-refractivity contribution in [2.75, 3.05) is 7.05 Å². The molecular weight excluding hydrogens is 330 g/mol. The predicted molar refractivity (Wildman–Crippen MR) is 101 cm³/mol. The van der Waals surface area contributed by atoms with Crippen molar-refractivity contribution in [3.8, 4) is 0 Å². The lowest BCUT2D eigenvalue weighted by molar-refractivity contribution is -0.0495. The largest absolute Gasteiger partial charge is 0.243 e. The molecule has 5 rings (SSSR count). The van der Waals surface area contributed by atoms with E-state index in [1.807, 2.05) is 31.3 Å². The van der Waals surface area contributed by atoms with Crippen molar-refractivity contribution in [3.05, 3.63) is 29.8 Å². The highest BCUT2D eigenvalue weighted by molar-refractivity contribution is 7.89. The van der Waals surface area contributed by atoms with Gasteiger partial charge in [0, 0.05) is 12.6 Å². The zero-order chi connectivity index (χ0) is 17.7. The first-order chi connectivity index (χ1) is 11.9. The summed E-state index contributed by atoms with van der Waals surface area (Å²) in [6.45, 7) is 2.18. The van der Waals surface area contributed by atoms with Crippen molar-refractivity contribution in [1.29, 1.82) is 0 Å². The Morgan fingerprint density at radius 2 is 1.52 bits per heavy atom. The summed E-state index contributed by atoms with van der Waals surface area (Å²) in [5.41, 5.74) is 1.12. The molecule has 4 aliphatic carbocycles. The second-order valence-corrected chi connectivity index (χ2v) is 10.8. The Morgan fingerprint density at radius 1 is 1.00 bits per heavy atom. The van der Waals surface area contributed by atoms with Gasteiger partial charge in [-0.25, -0.2) is 8.42 Å². The first kappa shape index (κ1) is 17.5. The van der Waals surface area contributed by atoms with Gasteiger partial charge in [-0.2, -0.15) is 4.31 Å². The van der Waals surface area contributed by atoms with Crippen molar-refractivity contribution in [1.82, 2.24) is 4.31 Å². The number of hydrogen-bond acceptors (Lipinski definition) is 2. The van der Waals surface area contributed by atoms with Gasteiger partial charge in [0.1, 0.15) is 0 Å². The lowest BCUT2D eigenvalue weighted by Gasteiger charge is -2.59. The molecule has 0 unspecified atom stereocenters. The Hall–Kier alpha value is -0.870. The normalized spacial score (nSPS) is 34.0. The molecule has 138 valence electrons. The van der Waals surface area contributed by atoms with Crippen LogP contribution in [0.1, 0.15) is 63.9 Å². The van der Waals surface area contributed by atoms with Crippen LogP contribution in [-0.4, -0.2) is 25.3 Å². The van der Waals surface area contributed by atoms with Crippen LogP contribution in [0.3, 0.4) is 0 Å². The molecule has 0 amide bonds. The van der Waals surface area contributed by atoms with Crippen LogP contribution in [0, 0.1) is 17.8 Å². The van der Waals surface area contributed by atoms with Crippen LogP contribution in [0.5, 0.6) is 0 Å². The molecule has 0 heterocycles. The fraction of sp³-hybridized carbons (Fsp3) is 0.714. The first-order valence-corrected chi connectivity index (χ1v) is 11.4. The molecular formula is C21H31NO2S. The van der Waals surface area contributed by atoms with Crippen LogP contribution < -0.4 is 0 Å². The Labute approximate surface area is 152 Å². The zero-order valence-electron chi connectivity index (χ0n) is 15.6. The van der Waals surface area contributed by atoms with Gasteiger partial charge in [0.05, 0.1) is 4.90 Å². The lowest BCUT2D eigenvalue weighted by atomic mass is 9.53. The monoisotopic (exact) mass is 361 g/mol. The van der Waals surface area contributed by atoms with E-state index in [1.165, 1.54) is 24.8 Å². The number of benzene rings is 1. The fourth-order valence-corrected chi connectivity index (χ4v) is 7.60. The third-order valence-corrected chi connectivity index (χ3v) is 9.05. The smallest absolute Gasteiger partial charge is 0.207 e. The standard InChI is InChI=1S/C21H31NO2S/c1-3-4-5-16-6-8-20(9-7-16)25(23,24)22(2)21-13-17-10-18(14-21)12-19(11-17)15-21/h6-9,17-19H,3-5,10-15H2,1-2H3. The summed E-state index contributed by atoms with van der Waals surface area (Å²) in [6.07, 6.45) is 10.6. The average molecular weight is 362 g/mol. The molecule has 0 radical (unpaired) electrons. The molecule has 0 spiro atoms. The number of unbranched alkanes of at least 4 members (excludes halogenated alkanes) is 1. The summed E-state index contributed by atoms with van der Waals surface area (Å²) in [7, 11) is -1.56. The Bertz CT molecular complexity index is 687. The van der Waals surface area contributed by atoms with E-state index < -0.39 is 10.0 Å². The number of rotatable bonds is 6. The zero-order valence-corrected chi connectivity index (χ0v) is 16.4. The van der Waals surface area contributed by atoms with Crippen LogP contribution >= 0.6 is 0 Å². The molecule has 0 aromatic heterocycles. The molecule has 4 bridgehead atoms. The summed E-state index contributed by atoms with van der Waals surface area (Å²) < 4.78 is 28.4. The van der Waals surface area contributed by atoms with Crippen LogP contribution in [0.2, 0.25) is 0 Å². The number of hydrogen-bond donors (Lipinski definition) is 0. The molecule has 0 saturated heterocycles. The number of aryl methyl sites for hydroxylation is 1. The minimum Gasteiger partial charge on any atom is -0.207 e. The van der Waals surface area contributed by atoms with E-state index >= 15 is 0 Å². The van der Waals surface area contributed by atoms with Gasteiger partial charge in [-0.3, -0.25) is 0 Å². The number of nitrogens with zero attached hydrogens (tertiary/aromatic N) is 1. The van der Waals surface area contributed by atoms with Gasteiger partial charge in [-0.05, 0) is 86.8 Å². The maximum atomic E-state index is 13.3. The van der Waals surface area contributed by atoms with E-state index in [1.54, 1.807) is 4.31 Å². The highest BCUT2D eigenvalue weighted by atomic mass is 32.2. The van der Waals surface area contributed by atoms with E-state index in [0.29, 0.717) is 4.90 Å². The van der Waals surface area contributed by atoms with Gasteiger partial charge in [0.25, 0.3) is 0 Å². The summed E-state index contributed by atoms with van der Waals surface area (Å²) in [6, 6.07) is 7.63. The molecule has 25 heavy (non-hydrogen) atoms. The van der Waals surface area contributed by atoms with Crippen LogP contribution in [0.15, 0.2) is 29.2 Å². The van der Waals surface area contributed by atoms with Gasteiger partial charge in [0.2, 0.25) is 10.0 Å². The van der Waals surface area contributed by atoms with Crippen molar-refractivity contribution in [2.45, 2.75) is 75.1 Å². The predicted octanol–water partition coefficient (Wildman–Crippen LogP) is 4.62. The number of sulfonamides is 1. The first-order valence-electron chi connectivity index (χ1n) is 10.0. The summed E-state index contributed by atoms with van der Waals surface area (Å²) >= 11 is 0. The topological polar surface area (TPSA) is 37.4 Å². The van der Waals surface area contributed by atoms with E-state index in [0.717, 1.165) is 56.3 Å². The quantitative estimate of drug-likeness (QED) is 0.741. The van der Waals surface area contributed by atoms with Crippen LogP contribution in [-0.2, 0) is 16.4 Å². The minimum atomic E-state index is -3.41. The SMILES string of the molecule is CCCCc1ccc(S(=O)(=O)N(C)C23CC4CC(CC(C4)C2)C3)cc1. The van der Waals surface area contributed by atoms with E-state index in [2.05, 4.69) is 6.92 Å². The highest BCUT2D eigenvalue weighted by Crippen LogP contribution is 2.58. The third-order valence-electron chi connectivity index (χ3n) is 7.07. The maximum Gasteiger partial charge on any atom is 0.243 e. The summed E-state index contributed by atoms with van der Waals surface area (Å²) in [5, 5.41) is 0. The minimum absolute atomic E-state index is 0.117.